The van der Waals surface area contributed by atoms with Crippen molar-refractivity contribution in [3.63, 3.8) is 0 Å². The Morgan fingerprint density at radius 3 is 2.32 bits per heavy atom. The standard InChI is InChI=1S/C22H37N3O5.HI/c1-5-23-22(24-9-6-10-30-16-17-7-11-29-12-8-17)25-15-19-20(27-3)13-18(26-2)14-21(19)28-4;/h13-14,17H,5-12,15-16H2,1-4H3,(H2,23,24,25);1H. The van der Waals surface area contributed by atoms with Crippen molar-refractivity contribution in [1.29, 1.82) is 0 Å². The predicted octanol–water partition coefficient (Wildman–Crippen LogP) is 3.22. The SMILES string of the molecule is CCNC(=NCc1c(OC)cc(OC)cc1OC)NCCCOCC1CCOCC1.I. The van der Waals surface area contributed by atoms with Crippen molar-refractivity contribution in [3.05, 3.63) is 17.7 Å². The highest BCUT2D eigenvalue weighted by Crippen LogP contribution is 2.34. The van der Waals surface area contributed by atoms with E-state index in [4.69, 9.17) is 23.7 Å². The molecule has 0 aromatic heterocycles. The van der Waals surface area contributed by atoms with Gasteiger partial charge in [0.15, 0.2) is 5.96 Å². The van der Waals surface area contributed by atoms with E-state index in [1.165, 1.54) is 0 Å². The van der Waals surface area contributed by atoms with Crippen LogP contribution in [0.5, 0.6) is 17.2 Å². The van der Waals surface area contributed by atoms with Crippen LogP contribution >= 0.6 is 24.0 Å². The number of guanidine groups is 1. The molecule has 0 amide bonds. The molecule has 0 unspecified atom stereocenters. The molecule has 1 aromatic carbocycles. The normalized spacial score (nSPS) is 14.5. The molecule has 1 saturated heterocycles. The van der Waals surface area contributed by atoms with E-state index < -0.39 is 0 Å². The van der Waals surface area contributed by atoms with E-state index in [2.05, 4.69) is 15.6 Å². The van der Waals surface area contributed by atoms with Crippen molar-refractivity contribution in [2.75, 3.05) is 60.8 Å². The van der Waals surface area contributed by atoms with Crippen LogP contribution < -0.4 is 24.8 Å². The van der Waals surface area contributed by atoms with Gasteiger partial charge >= 0.3 is 0 Å². The molecule has 1 aliphatic heterocycles. The zero-order valence-corrected chi connectivity index (χ0v) is 21.5. The monoisotopic (exact) mass is 551 g/mol. The maximum absolute atomic E-state index is 5.83. The highest BCUT2D eigenvalue weighted by Gasteiger charge is 2.14. The second-order valence-corrected chi connectivity index (χ2v) is 7.12. The number of aliphatic imine (C=N–C) groups is 1. The number of methoxy groups -OCH3 is 3. The first kappa shape index (κ1) is 27.6. The van der Waals surface area contributed by atoms with Crippen LogP contribution in [0.1, 0.15) is 31.7 Å². The average molecular weight is 551 g/mol. The molecular weight excluding hydrogens is 513 g/mol. The number of hydrogen-bond acceptors (Lipinski definition) is 6. The van der Waals surface area contributed by atoms with Crippen LogP contribution in [0.3, 0.4) is 0 Å². The molecule has 1 aromatic rings. The van der Waals surface area contributed by atoms with Crippen LogP contribution in [-0.4, -0.2) is 66.8 Å². The van der Waals surface area contributed by atoms with Gasteiger partial charge < -0.3 is 34.3 Å². The Hall–Kier alpha value is -1.46. The maximum atomic E-state index is 5.83. The first-order valence-corrected chi connectivity index (χ1v) is 10.7. The first-order chi connectivity index (χ1) is 14.7. The summed E-state index contributed by atoms with van der Waals surface area (Å²) >= 11 is 0. The Balaban J connectivity index is 0.00000480. The fourth-order valence-electron chi connectivity index (χ4n) is 3.28. The van der Waals surface area contributed by atoms with Gasteiger partial charge in [0.2, 0.25) is 0 Å². The molecule has 2 rings (SSSR count). The predicted molar refractivity (Wildman–Crippen MR) is 133 cm³/mol. The second-order valence-electron chi connectivity index (χ2n) is 7.12. The molecule has 1 aliphatic rings. The summed E-state index contributed by atoms with van der Waals surface area (Å²) in [6.07, 6.45) is 3.13. The van der Waals surface area contributed by atoms with Crippen LogP contribution in [0, 0.1) is 5.92 Å². The fraction of sp³-hybridized carbons (Fsp3) is 0.682. The third-order valence-corrected chi connectivity index (χ3v) is 5.01. The number of hydrogen-bond donors (Lipinski definition) is 2. The summed E-state index contributed by atoms with van der Waals surface area (Å²) in [5, 5.41) is 6.63. The van der Waals surface area contributed by atoms with Crippen molar-refractivity contribution in [3.8, 4) is 17.2 Å². The van der Waals surface area contributed by atoms with Gasteiger partial charge in [-0.3, -0.25) is 0 Å². The minimum Gasteiger partial charge on any atom is -0.496 e. The number of nitrogens with one attached hydrogen (secondary N) is 2. The Kier molecular flexibility index (Phi) is 14.4. The largest absolute Gasteiger partial charge is 0.496 e. The van der Waals surface area contributed by atoms with Crippen molar-refractivity contribution < 1.29 is 23.7 Å². The summed E-state index contributed by atoms with van der Waals surface area (Å²) in [5.74, 6) is 3.45. The lowest BCUT2D eigenvalue weighted by Crippen LogP contribution is -2.38. The number of ether oxygens (including phenoxy) is 5. The van der Waals surface area contributed by atoms with Gasteiger partial charge in [-0.2, -0.15) is 0 Å². The Morgan fingerprint density at radius 1 is 1.06 bits per heavy atom. The van der Waals surface area contributed by atoms with Crippen LogP contribution in [0.2, 0.25) is 0 Å². The minimum absolute atomic E-state index is 0. The number of nitrogens with zero attached hydrogens (tertiary/aromatic N) is 1. The minimum atomic E-state index is 0. The molecular formula is C22H38IN3O5. The van der Waals surface area contributed by atoms with Crippen LogP contribution in [0.4, 0.5) is 0 Å². The first-order valence-electron chi connectivity index (χ1n) is 10.7. The zero-order chi connectivity index (χ0) is 21.6. The van der Waals surface area contributed by atoms with Gasteiger partial charge in [-0.15, -0.1) is 24.0 Å². The molecule has 9 heteroatoms. The van der Waals surface area contributed by atoms with Gasteiger partial charge in [-0.25, -0.2) is 4.99 Å². The van der Waals surface area contributed by atoms with Crippen LogP contribution in [0.25, 0.3) is 0 Å². The zero-order valence-electron chi connectivity index (χ0n) is 19.2. The molecule has 0 spiro atoms. The Labute approximate surface area is 203 Å². The summed E-state index contributed by atoms with van der Waals surface area (Å²) in [7, 11) is 4.88. The third kappa shape index (κ3) is 9.69. The molecule has 8 nitrogen and oxygen atoms in total. The molecule has 0 bridgehead atoms. The lowest BCUT2D eigenvalue weighted by molar-refractivity contribution is 0.0203. The van der Waals surface area contributed by atoms with E-state index in [1.54, 1.807) is 21.3 Å². The summed E-state index contributed by atoms with van der Waals surface area (Å²) in [4.78, 5) is 4.69. The molecule has 0 aliphatic carbocycles. The summed E-state index contributed by atoms with van der Waals surface area (Å²) in [6, 6.07) is 3.67. The Morgan fingerprint density at radius 2 is 1.74 bits per heavy atom. The molecule has 31 heavy (non-hydrogen) atoms. The molecule has 1 fully saturated rings. The van der Waals surface area contributed by atoms with E-state index in [1.807, 2.05) is 19.1 Å². The van der Waals surface area contributed by atoms with Crippen molar-refractivity contribution >= 4 is 29.9 Å². The fourth-order valence-corrected chi connectivity index (χ4v) is 3.28. The number of benzene rings is 1. The summed E-state index contributed by atoms with van der Waals surface area (Å²) in [6.45, 7) is 7.33. The van der Waals surface area contributed by atoms with E-state index in [0.29, 0.717) is 29.7 Å². The van der Waals surface area contributed by atoms with Gasteiger partial charge in [0, 0.05) is 51.6 Å². The van der Waals surface area contributed by atoms with Crippen LogP contribution in [-0.2, 0) is 16.0 Å². The van der Waals surface area contributed by atoms with E-state index in [0.717, 1.165) is 70.3 Å². The van der Waals surface area contributed by atoms with Crippen molar-refractivity contribution in [1.82, 2.24) is 10.6 Å². The van der Waals surface area contributed by atoms with E-state index >= 15 is 0 Å². The van der Waals surface area contributed by atoms with E-state index in [9.17, 15) is 0 Å². The van der Waals surface area contributed by atoms with Gasteiger partial charge in [0.25, 0.3) is 0 Å². The summed E-state index contributed by atoms with van der Waals surface area (Å²) < 4.78 is 27.5. The molecule has 0 radical (unpaired) electrons. The van der Waals surface area contributed by atoms with Crippen LogP contribution in [0.15, 0.2) is 17.1 Å². The molecule has 0 saturated carbocycles. The third-order valence-electron chi connectivity index (χ3n) is 5.01. The number of halogens is 1. The topological polar surface area (TPSA) is 82.6 Å². The highest BCUT2D eigenvalue weighted by atomic mass is 127. The Bertz CT molecular complexity index is 629. The van der Waals surface area contributed by atoms with Gasteiger partial charge in [0.1, 0.15) is 17.2 Å². The number of rotatable bonds is 12. The lowest BCUT2D eigenvalue weighted by atomic mass is 10.0. The van der Waals surface area contributed by atoms with Gasteiger partial charge in [-0.1, -0.05) is 0 Å². The molecule has 0 atom stereocenters. The summed E-state index contributed by atoms with van der Waals surface area (Å²) in [5.41, 5.74) is 0.873. The van der Waals surface area contributed by atoms with Crippen molar-refractivity contribution in [2.45, 2.75) is 32.7 Å². The lowest BCUT2D eigenvalue weighted by Gasteiger charge is -2.21. The van der Waals surface area contributed by atoms with E-state index in [-0.39, 0.29) is 24.0 Å². The average Bonchev–Trinajstić information content (AvgIpc) is 2.79. The molecule has 2 N–H and O–H groups in total. The second kappa shape index (κ2) is 16.2. The molecule has 178 valence electrons. The van der Waals surface area contributed by atoms with Gasteiger partial charge in [-0.05, 0) is 32.1 Å². The van der Waals surface area contributed by atoms with Gasteiger partial charge in [0.05, 0.1) is 33.4 Å². The smallest absolute Gasteiger partial charge is 0.191 e. The quantitative estimate of drug-likeness (QED) is 0.179. The highest BCUT2D eigenvalue weighted by molar-refractivity contribution is 14.0. The van der Waals surface area contributed by atoms with Crippen molar-refractivity contribution in [2.24, 2.45) is 10.9 Å². The maximum Gasteiger partial charge on any atom is 0.191 e. The molecule has 1 heterocycles.